The normalized spacial score (nSPS) is 13.4. The van der Waals surface area contributed by atoms with Crippen LogP contribution < -0.4 is 0 Å². The van der Waals surface area contributed by atoms with Gasteiger partial charge < -0.3 is 0 Å². The molecule has 0 atom stereocenters. The molecule has 0 N–H and O–H groups in total. The fourth-order valence-electron chi connectivity index (χ4n) is 1.08. The van der Waals surface area contributed by atoms with Crippen LogP contribution in [0.5, 0.6) is 0 Å². The van der Waals surface area contributed by atoms with Crippen molar-refractivity contribution in [2.24, 2.45) is 0 Å². The van der Waals surface area contributed by atoms with E-state index in [1.54, 1.807) is 20.8 Å². The zero-order valence-electron chi connectivity index (χ0n) is 8.61. The third-order valence-corrected chi connectivity index (χ3v) is 1.85. The number of rotatable bonds is 0. The summed E-state index contributed by atoms with van der Waals surface area (Å²) in [4.78, 5) is 0. The first-order valence-electron chi connectivity index (χ1n) is 4.26. The molecule has 0 spiro atoms. The van der Waals surface area contributed by atoms with Gasteiger partial charge in [0.15, 0.2) is 5.69 Å². The van der Waals surface area contributed by atoms with Crippen LogP contribution in [0.1, 0.15) is 32.0 Å². The van der Waals surface area contributed by atoms with Crippen LogP contribution in [0, 0.1) is 6.92 Å². The molecule has 0 saturated carbocycles. The van der Waals surface area contributed by atoms with Crippen molar-refractivity contribution in [1.82, 2.24) is 9.78 Å². The Bertz CT molecular complexity index is 331. The van der Waals surface area contributed by atoms with E-state index in [0.717, 1.165) is 0 Å². The molecule has 1 rings (SSSR count). The maximum Gasteiger partial charge on any atom is 0.435 e. The molecule has 0 aliphatic carbocycles. The molecule has 0 aliphatic heterocycles. The Morgan fingerprint density at radius 3 is 1.93 bits per heavy atom. The van der Waals surface area contributed by atoms with Gasteiger partial charge in [-0.15, -0.1) is 0 Å². The molecule has 0 aromatic carbocycles. The number of hydrogen-bond donors (Lipinski definition) is 0. The van der Waals surface area contributed by atoms with Gasteiger partial charge in [0.2, 0.25) is 0 Å². The van der Waals surface area contributed by atoms with Crippen molar-refractivity contribution in [2.45, 2.75) is 39.4 Å². The Labute approximate surface area is 80.7 Å². The van der Waals surface area contributed by atoms with Gasteiger partial charge in [-0.25, -0.2) is 0 Å². The molecule has 0 amide bonds. The van der Waals surface area contributed by atoms with E-state index < -0.39 is 17.4 Å². The summed E-state index contributed by atoms with van der Waals surface area (Å²) in [5.41, 5.74) is -1.06. The second-order valence-corrected chi connectivity index (χ2v) is 4.27. The zero-order valence-corrected chi connectivity index (χ0v) is 8.61. The maximum absolute atomic E-state index is 12.4. The summed E-state index contributed by atoms with van der Waals surface area (Å²) in [5, 5.41) is 3.54. The summed E-state index contributed by atoms with van der Waals surface area (Å²) in [5.74, 6) is 0. The van der Waals surface area contributed by atoms with Gasteiger partial charge in [-0.3, -0.25) is 4.68 Å². The van der Waals surface area contributed by atoms with Crippen LogP contribution >= 0.6 is 0 Å². The summed E-state index contributed by atoms with van der Waals surface area (Å²) < 4.78 is 38.5. The van der Waals surface area contributed by atoms with Gasteiger partial charge in [-0.2, -0.15) is 18.3 Å². The molecule has 1 aromatic heterocycles. The van der Waals surface area contributed by atoms with E-state index in [4.69, 9.17) is 0 Å². The Morgan fingerprint density at radius 1 is 1.21 bits per heavy atom. The first-order chi connectivity index (χ1) is 6.12. The summed E-state index contributed by atoms with van der Waals surface area (Å²) in [6, 6.07) is 0. The number of aryl methyl sites for hydroxylation is 1. The van der Waals surface area contributed by atoms with Crippen molar-refractivity contribution in [3.8, 4) is 0 Å². The minimum atomic E-state index is -4.36. The molecule has 14 heavy (non-hydrogen) atoms. The van der Waals surface area contributed by atoms with Gasteiger partial charge in [0.25, 0.3) is 0 Å². The van der Waals surface area contributed by atoms with Crippen molar-refractivity contribution in [3.05, 3.63) is 17.5 Å². The second kappa shape index (κ2) is 3.00. The predicted octanol–water partition coefficient (Wildman–Crippen LogP) is 2.97. The fraction of sp³-hybridized carbons (Fsp3) is 0.667. The summed E-state index contributed by atoms with van der Waals surface area (Å²) in [6.45, 7) is 6.83. The summed E-state index contributed by atoms with van der Waals surface area (Å²) in [6.07, 6.45) is -2.94. The monoisotopic (exact) mass is 206 g/mol. The van der Waals surface area contributed by atoms with Gasteiger partial charge in [-0.1, -0.05) is 0 Å². The Kier molecular flexibility index (Phi) is 2.37. The number of hydrogen-bond acceptors (Lipinski definition) is 1. The molecule has 0 saturated heterocycles. The third kappa shape index (κ3) is 2.08. The highest BCUT2D eigenvalue weighted by Crippen LogP contribution is 2.31. The van der Waals surface area contributed by atoms with E-state index >= 15 is 0 Å². The summed E-state index contributed by atoms with van der Waals surface area (Å²) >= 11 is 0. The first kappa shape index (κ1) is 11.1. The van der Waals surface area contributed by atoms with Crippen molar-refractivity contribution >= 4 is 0 Å². The van der Waals surface area contributed by atoms with E-state index in [9.17, 15) is 13.2 Å². The molecule has 80 valence electrons. The van der Waals surface area contributed by atoms with E-state index in [1.165, 1.54) is 17.8 Å². The topological polar surface area (TPSA) is 17.8 Å². The highest BCUT2D eigenvalue weighted by atomic mass is 19.4. The lowest BCUT2D eigenvalue weighted by Crippen LogP contribution is -2.23. The quantitative estimate of drug-likeness (QED) is 0.638. The van der Waals surface area contributed by atoms with Gasteiger partial charge in [0, 0.05) is 6.20 Å². The van der Waals surface area contributed by atoms with Crippen LogP contribution in [0.15, 0.2) is 6.20 Å². The van der Waals surface area contributed by atoms with Crippen LogP contribution in [0.2, 0.25) is 0 Å². The van der Waals surface area contributed by atoms with Crippen molar-refractivity contribution < 1.29 is 13.2 Å². The molecule has 1 aromatic rings. The Morgan fingerprint density at radius 2 is 1.71 bits per heavy atom. The predicted molar refractivity (Wildman–Crippen MR) is 47.0 cm³/mol. The molecule has 0 aliphatic rings. The minimum Gasteiger partial charge on any atom is -0.267 e. The second-order valence-electron chi connectivity index (χ2n) is 4.27. The van der Waals surface area contributed by atoms with Gasteiger partial charge in [-0.05, 0) is 33.3 Å². The standard InChI is InChI=1S/C9H13F3N2/c1-6-5-14(8(2,3)4)13-7(6)9(10,11)12/h5H,1-4H3. The molecule has 0 bridgehead atoms. The smallest absolute Gasteiger partial charge is 0.267 e. The van der Waals surface area contributed by atoms with E-state index in [-0.39, 0.29) is 5.56 Å². The Hall–Kier alpha value is -1.00. The van der Waals surface area contributed by atoms with Gasteiger partial charge >= 0.3 is 6.18 Å². The maximum atomic E-state index is 12.4. The van der Waals surface area contributed by atoms with E-state index in [0.29, 0.717) is 0 Å². The fourth-order valence-corrected chi connectivity index (χ4v) is 1.08. The Balaban J connectivity index is 3.19. The number of aromatic nitrogens is 2. The van der Waals surface area contributed by atoms with Crippen LogP contribution in [-0.4, -0.2) is 9.78 Å². The first-order valence-corrected chi connectivity index (χ1v) is 4.26. The zero-order chi connectivity index (χ0) is 11.1. The van der Waals surface area contributed by atoms with Crippen LogP contribution in [-0.2, 0) is 11.7 Å². The highest BCUT2D eigenvalue weighted by Gasteiger charge is 2.36. The van der Waals surface area contributed by atoms with Gasteiger partial charge in [0.05, 0.1) is 5.54 Å². The number of nitrogens with zero attached hydrogens (tertiary/aromatic N) is 2. The van der Waals surface area contributed by atoms with Crippen LogP contribution in [0.4, 0.5) is 13.2 Å². The molecule has 5 heteroatoms. The van der Waals surface area contributed by atoms with Crippen molar-refractivity contribution in [3.63, 3.8) is 0 Å². The SMILES string of the molecule is Cc1cn(C(C)(C)C)nc1C(F)(F)F. The van der Waals surface area contributed by atoms with E-state index in [1.807, 2.05) is 0 Å². The largest absolute Gasteiger partial charge is 0.435 e. The molecular weight excluding hydrogens is 193 g/mol. The molecule has 0 radical (unpaired) electrons. The van der Waals surface area contributed by atoms with Gasteiger partial charge in [0.1, 0.15) is 0 Å². The molecule has 1 heterocycles. The van der Waals surface area contributed by atoms with E-state index in [2.05, 4.69) is 5.10 Å². The lowest BCUT2D eigenvalue weighted by Gasteiger charge is -2.18. The minimum absolute atomic E-state index is 0.160. The third-order valence-electron chi connectivity index (χ3n) is 1.85. The summed E-state index contributed by atoms with van der Waals surface area (Å²) in [7, 11) is 0. The average Bonchev–Trinajstić information content (AvgIpc) is 2.27. The van der Waals surface area contributed by atoms with Crippen molar-refractivity contribution in [1.29, 1.82) is 0 Å². The van der Waals surface area contributed by atoms with Crippen LogP contribution in [0.3, 0.4) is 0 Å². The lowest BCUT2D eigenvalue weighted by molar-refractivity contribution is -0.142. The van der Waals surface area contributed by atoms with Crippen LogP contribution in [0.25, 0.3) is 0 Å². The molecule has 0 unspecified atom stereocenters. The average molecular weight is 206 g/mol. The highest BCUT2D eigenvalue weighted by molar-refractivity contribution is 5.18. The molecule has 2 nitrogen and oxygen atoms in total. The number of alkyl halides is 3. The van der Waals surface area contributed by atoms with Crippen molar-refractivity contribution in [2.75, 3.05) is 0 Å². The molecular formula is C9H13F3N2. The number of halogens is 3. The molecule has 0 fully saturated rings. The lowest BCUT2D eigenvalue weighted by atomic mass is 10.1.